The summed E-state index contributed by atoms with van der Waals surface area (Å²) in [7, 11) is 0. The number of rotatable bonds is 5. The minimum Gasteiger partial charge on any atom is -0.305 e. The molecular weight excluding hydrogens is 330 g/mol. The molecule has 3 aromatic rings. The van der Waals surface area contributed by atoms with E-state index in [1.54, 1.807) is 6.20 Å². The Labute approximate surface area is 131 Å². The summed E-state index contributed by atoms with van der Waals surface area (Å²) in [6.07, 6.45) is 8.39. The summed E-state index contributed by atoms with van der Waals surface area (Å²) in [6, 6.07) is 4.11. The third kappa shape index (κ3) is 3.11. The fourth-order valence-electron chi connectivity index (χ4n) is 2.31. The molecule has 0 aromatic carbocycles. The van der Waals surface area contributed by atoms with E-state index in [1.807, 2.05) is 29.1 Å². The number of imidazole rings is 1. The number of hydrogen-bond acceptors (Lipinski definition) is 4. The zero-order valence-corrected chi connectivity index (χ0v) is 13.3. The first-order valence-corrected chi connectivity index (χ1v) is 7.68. The number of nitrogens with one attached hydrogen (secondary N) is 1. The molecule has 0 fully saturated rings. The number of halogens is 1. The minimum atomic E-state index is 0.733. The molecule has 0 amide bonds. The Bertz CT molecular complexity index is 753. The highest BCUT2D eigenvalue weighted by atomic mass is 79.9. The lowest BCUT2D eigenvalue weighted by Gasteiger charge is -2.08. The van der Waals surface area contributed by atoms with Crippen LogP contribution < -0.4 is 5.32 Å². The maximum atomic E-state index is 4.44. The highest BCUT2D eigenvalue weighted by molar-refractivity contribution is 9.10. The van der Waals surface area contributed by atoms with Gasteiger partial charge in [0.25, 0.3) is 0 Å². The van der Waals surface area contributed by atoms with Crippen molar-refractivity contribution in [2.24, 2.45) is 0 Å². The van der Waals surface area contributed by atoms with Gasteiger partial charge in [0.2, 0.25) is 0 Å². The second-order valence-electron chi connectivity index (χ2n) is 4.75. The van der Waals surface area contributed by atoms with Crippen LogP contribution in [0.15, 0.2) is 41.5 Å². The van der Waals surface area contributed by atoms with Gasteiger partial charge in [-0.05, 0) is 34.0 Å². The van der Waals surface area contributed by atoms with E-state index >= 15 is 0 Å². The monoisotopic (exact) mass is 345 g/mol. The van der Waals surface area contributed by atoms with Gasteiger partial charge in [0, 0.05) is 25.5 Å². The fourth-order valence-corrected chi connectivity index (χ4v) is 2.62. The molecule has 0 radical (unpaired) electrons. The van der Waals surface area contributed by atoms with E-state index in [9.17, 15) is 0 Å². The predicted molar refractivity (Wildman–Crippen MR) is 84.8 cm³/mol. The normalized spacial score (nSPS) is 11.1. The molecule has 0 aliphatic carbocycles. The molecule has 0 spiro atoms. The standard InChI is InChI=1S/C15H16BrN5/c1-2-11-4-3-5-18-13(11)8-17-6-12-7-20-15-9-19-14(16)10-21(12)15/h3-5,7,9-10,17H,2,6,8H2,1H3. The van der Waals surface area contributed by atoms with Gasteiger partial charge in [-0.15, -0.1) is 0 Å². The average Bonchev–Trinajstić information content (AvgIpc) is 2.90. The molecule has 3 aromatic heterocycles. The molecule has 0 bridgehead atoms. The fraction of sp³-hybridized carbons (Fsp3) is 0.267. The Morgan fingerprint density at radius 1 is 1.19 bits per heavy atom. The second-order valence-corrected chi connectivity index (χ2v) is 5.57. The van der Waals surface area contributed by atoms with Crippen molar-refractivity contribution in [1.29, 1.82) is 0 Å². The van der Waals surface area contributed by atoms with Gasteiger partial charge in [-0.3, -0.25) is 9.38 Å². The summed E-state index contributed by atoms with van der Waals surface area (Å²) < 4.78 is 2.83. The lowest BCUT2D eigenvalue weighted by Crippen LogP contribution is -2.16. The van der Waals surface area contributed by atoms with Crippen LogP contribution in [0, 0.1) is 0 Å². The molecule has 0 saturated carbocycles. The van der Waals surface area contributed by atoms with Gasteiger partial charge in [0.05, 0.1) is 23.8 Å². The van der Waals surface area contributed by atoms with E-state index in [-0.39, 0.29) is 0 Å². The van der Waals surface area contributed by atoms with Crippen LogP contribution in [0.2, 0.25) is 0 Å². The van der Waals surface area contributed by atoms with Crippen molar-refractivity contribution in [3.8, 4) is 0 Å². The lowest BCUT2D eigenvalue weighted by atomic mass is 10.1. The van der Waals surface area contributed by atoms with Gasteiger partial charge < -0.3 is 5.32 Å². The number of pyridine rings is 1. The molecular formula is C15H16BrN5. The van der Waals surface area contributed by atoms with Crippen LogP contribution in [0.1, 0.15) is 23.9 Å². The number of aryl methyl sites for hydroxylation is 1. The first-order valence-electron chi connectivity index (χ1n) is 6.89. The third-order valence-electron chi connectivity index (χ3n) is 3.41. The van der Waals surface area contributed by atoms with Crippen LogP contribution >= 0.6 is 15.9 Å². The first-order chi connectivity index (χ1) is 10.3. The van der Waals surface area contributed by atoms with Crippen molar-refractivity contribution >= 4 is 21.6 Å². The molecule has 108 valence electrons. The van der Waals surface area contributed by atoms with Crippen molar-refractivity contribution < 1.29 is 0 Å². The predicted octanol–water partition coefficient (Wildman–Crippen LogP) is 2.74. The van der Waals surface area contributed by atoms with E-state index in [0.717, 1.165) is 41.1 Å². The quantitative estimate of drug-likeness (QED) is 0.772. The van der Waals surface area contributed by atoms with Crippen molar-refractivity contribution in [2.75, 3.05) is 0 Å². The van der Waals surface area contributed by atoms with E-state index in [1.165, 1.54) is 5.56 Å². The summed E-state index contributed by atoms with van der Waals surface area (Å²) >= 11 is 3.38. The smallest absolute Gasteiger partial charge is 0.155 e. The lowest BCUT2D eigenvalue weighted by molar-refractivity contribution is 0.658. The van der Waals surface area contributed by atoms with E-state index < -0.39 is 0 Å². The van der Waals surface area contributed by atoms with Crippen LogP contribution in [0.25, 0.3) is 5.65 Å². The first kappa shape index (κ1) is 14.2. The van der Waals surface area contributed by atoms with Crippen LogP contribution in [0.3, 0.4) is 0 Å². The van der Waals surface area contributed by atoms with Gasteiger partial charge >= 0.3 is 0 Å². The van der Waals surface area contributed by atoms with E-state index in [2.05, 4.69) is 49.2 Å². The summed E-state index contributed by atoms with van der Waals surface area (Å²) in [5.41, 5.74) is 4.34. The molecule has 0 unspecified atom stereocenters. The molecule has 21 heavy (non-hydrogen) atoms. The summed E-state index contributed by atoms with van der Waals surface area (Å²) in [5, 5.41) is 3.43. The average molecular weight is 346 g/mol. The van der Waals surface area contributed by atoms with Gasteiger partial charge in [-0.25, -0.2) is 9.97 Å². The SMILES string of the molecule is CCc1cccnc1CNCc1cnc2cnc(Br)cn12. The molecule has 0 aliphatic heterocycles. The third-order valence-corrected chi connectivity index (χ3v) is 3.81. The Hall–Kier alpha value is -1.79. The van der Waals surface area contributed by atoms with Crippen molar-refractivity contribution in [1.82, 2.24) is 24.7 Å². The highest BCUT2D eigenvalue weighted by Crippen LogP contribution is 2.11. The Morgan fingerprint density at radius 2 is 2.10 bits per heavy atom. The molecule has 3 rings (SSSR count). The van der Waals surface area contributed by atoms with Crippen molar-refractivity contribution in [3.63, 3.8) is 0 Å². The van der Waals surface area contributed by atoms with E-state index in [4.69, 9.17) is 0 Å². The van der Waals surface area contributed by atoms with Crippen LogP contribution in [0.4, 0.5) is 0 Å². The van der Waals surface area contributed by atoms with Gasteiger partial charge in [-0.2, -0.15) is 0 Å². The number of fused-ring (bicyclic) bond motifs is 1. The number of hydrogen-bond donors (Lipinski definition) is 1. The largest absolute Gasteiger partial charge is 0.305 e. The van der Waals surface area contributed by atoms with E-state index in [0.29, 0.717) is 0 Å². The second kappa shape index (κ2) is 6.32. The van der Waals surface area contributed by atoms with Gasteiger partial charge in [-0.1, -0.05) is 13.0 Å². The molecule has 3 heterocycles. The molecule has 1 N–H and O–H groups in total. The molecule has 6 heteroatoms. The van der Waals surface area contributed by atoms with Crippen molar-refractivity contribution in [2.45, 2.75) is 26.4 Å². The summed E-state index contributed by atoms with van der Waals surface area (Å²) in [6.45, 7) is 3.64. The molecule has 0 aliphatic rings. The molecule has 5 nitrogen and oxygen atoms in total. The zero-order valence-electron chi connectivity index (χ0n) is 11.8. The zero-order chi connectivity index (χ0) is 14.7. The Balaban J connectivity index is 1.71. The van der Waals surface area contributed by atoms with Crippen LogP contribution in [-0.2, 0) is 19.5 Å². The number of aromatic nitrogens is 4. The minimum absolute atomic E-state index is 0.733. The van der Waals surface area contributed by atoms with Crippen LogP contribution in [-0.4, -0.2) is 19.4 Å². The summed E-state index contributed by atoms with van der Waals surface area (Å²) in [4.78, 5) is 13.0. The summed E-state index contributed by atoms with van der Waals surface area (Å²) in [5.74, 6) is 0. The van der Waals surface area contributed by atoms with Crippen molar-refractivity contribution in [3.05, 3.63) is 58.5 Å². The van der Waals surface area contributed by atoms with Crippen LogP contribution in [0.5, 0.6) is 0 Å². The molecule has 0 atom stereocenters. The topological polar surface area (TPSA) is 55.1 Å². The number of nitrogens with zero attached hydrogens (tertiary/aromatic N) is 4. The Morgan fingerprint density at radius 3 is 2.95 bits per heavy atom. The maximum Gasteiger partial charge on any atom is 0.155 e. The highest BCUT2D eigenvalue weighted by Gasteiger charge is 2.05. The van der Waals surface area contributed by atoms with Gasteiger partial charge in [0.1, 0.15) is 4.60 Å². The Kier molecular flexibility index (Phi) is 4.26. The van der Waals surface area contributed by atoms with Gasteiger partial charge in [0.15, 0.2) is 5.65 Å². The maximum absolute atomic E-state index is 4.44. The molecule has 0 saturated heterocycles.